The predicted octanol–water partition coefficient (Wildman–Crippen LogP) is 2.85. The van der Waals surface area contributed by atoms with E-state index in [0.29, 0.717) is 6.42 Å². The lowest BCUT2D eigenvalue weighted by Gasteiger charge is -2.01. The molecule has 0 saturated heterocycles. The molecule has 0 bridgehead atoms. The molecule has 0 unspecified atom stereocenters. The molecule has 23 heavy (non-hydrogen) atoms. The van der Waals surface area contributed by atoms with Crippen LogP contribution in [0.15, 0.2) is 48.8 Å². The molecular formula is C16H13N5OS. The van der Waals surface area contributed by atoms with E-state index in [9.17, 15) is 0 Å². The highest BCUT2D eigenvalue weighted by Gasteiger charge is 2.13. The van der Waals surface area contributed by atoms with Gasteiger partial charge in [-0.05, 0) is 29.8 Å². The summed E-state index contributed by atoms with van der Waals surface area (Å²) in [7, 11) is 1.66. The van der Waals surface area contributed by atoms with E-state index in [-0.39, 0.29) is 0 Å². The number of pyridine rings is 1. The molecule has 3 heterocycles. The summed E-state index contributed by atoms with van der Waals surface area (Å²) >= 11 is 1.52. The minimum atomic E-state index is 0.671. The molecule has 114 valence electrons. The second-order valence-electron chi connectivity index (χ2n) is 4.98. The molecule has 7 heteroatoms. The largest absolute Gasteiger partial charge is 0.497 e. The standard InChI is InChI=1S/C16H13N5OS/c1-22-13-4-2-11(3-5-13)10-14-18-19-16-21(14)20-15(23-16)12-6-8-17-9-7-12/h2-9H,10H2,1H3. The van der Waals surface area contributed by atoms with Gasteiger partial charge in [-0.15, -0.1) is 10.2 Å². The number of rotatable bonds is 4. The van der Waals surface area contributed by atoms with Gasteiger partial charge in [-0.25, -0.2) is 0 Å². The molecule has 4 rings (SSSR count). The van der Waals surface area contributed by atoms with Gasteiger partial charge in [0.05, 0.1) is 7.11 Å². The third kappa shape index (κ3) is 2.66. The van der Waals surface area contributed by atoms with Crippen molar-refractivity contribution in [1.29, 1.82) is 0 Å². The first-order valence-electron chi connectivity index (χ1n) is 7.08. The number of hydrogen-bond donors (Lipinski definition) is 0. The van der Waals surface area contributed by atoms with Crippen molar-refractivity contribution in [2.24, 2.45) is 0 Å². The minimum Gasteiger partial charge on any atom is -0.497 e. The first-order valence-corrected chi connectivity index (χ1v) is 7.89. The molecule has 0 radical (unpaired) electrons. The first-order chi connectivity index (χ1) is 11.3. The third-order valence-electron chi connectivity index (χ3n) is 3.50. The first kappa shape index (κ1) is 13.8. The molecule has 0 saturated carbocycles. The van der Waals surface area contributed by atoms with Crippen LogP contribution in [0, 0.1) is 0 Å². The van der Waals surface area contributed by atoms with Crippen molar-refractivity contribution in [2.75, 3.05) is 7.11 Å². The van der Waals surface area contributed by atoms with Gasteiger partial charge in [0.15, 0.2) is 5.82 Å². The number of aromatic nitrogens is 5. The van der Waals surface area contributed by atoms with Crippen LogP contribution in [0.1, 0.15) is 11.4 Å². The minimum absolute atomic E-state index is 0.671. The average molecular weight is 323 g/mol. The van der Waals surface area contributed by atoms with Crippen LogP contribution in [0.25, 0.3) is 15.5 Å². The maximum absolute atomic E-state index is 5.18. The maximum atomic E-state index is 5.18. The highest BCUT2D eigenvalue weighted by Crippen LogP contribution is 2.25. The average Bonchev–Trinajstić information content (AvgIpc) is 3.18. The summed E-state index contributed by atoms with van der Waals surface area (Å²) in [4.78, 5) is 4.82. The van der Waals surface area contributed by atoms with Gasteiger partial charge in [-0.2, -0.15) is 9.61 Å². The third-order valence-corrected chi connectivity index (χ3v) is 4.45. The molecule has 0 fully saturated rings. The maximum Gasteiger partial charge on any atom is 0.234 e. The second-order valence-corrected chi connectivity index (χ2v) is 5.93. The Morgan fingerprint density at radius 2 is 1.83 bits per heavy atom. The monoisotopic (exact) mass is 323 g/mol. The molecule has 1 aromatic carbocycles. The molecule has 0 amide bonds. The van der Waals surface area contributed by atoms with Crippen molar-refractivity contribution in [3.8, 4) is 16.3 Å². The Hall–Kier alpha value is -2.80. The molecule has 0 N–H and O–H groups in total. The van der Waals surface area contributed by atoms with Crippen molar-refractivity contribution in [3.05, 3.63) is 60.2 Å². The second kappa shape index (κ2) is 5.77. The highest BCUT2D eigenvalue weighted by atomic mass is 32.1. The van der Waals surface area contributed by atoms with E-state index in [0.717, 1.165) is 32.7 Å². The number of nitrogens with zero attached hydrogens (tertiary/aromatic N) is 5. The SMILES string of the molecule is COc1ccc(Cc2nnc3sc(-c4ccncc4)nn23)cc1. The molecule has 0 atom stereocenters. The van der Waals surface area contributed by atoms with Gasteiger partial charge in [0.1, 0.15) is 10.8 Å². The number of ether oxygens (including phenoxy) is 1. The van der Waals surface area contributed by atoms with Crippen molar-refractivity contribution in [1.82, 2.24) is 24.8 Å². The van der Waals surface area contributed by atoms with Crippen LogP contribution < -0.4 is 4.74 Å². The Bertz CT molecular complexity index is 930. The van der Waals surface area contributed by atoms with Crippen LogP contribution in [-0.2, 0) is 6.42 Å². The quantitative estimate of drug-likeness (QED) is 0.578. The summed E-state index contributed by atoms with van der Waals surface area (Å²) in [6.07, 6.45) is 4.19. The van der Waals surface area contributed by atoms with Crippen molar-refractivity contribution < 1.29 is 4.74 Å². The van der Waals surface area contributed by atoms with Crippen molar-refractivity contribution in [3.63, 3.8) is 0 Å². The lowest BCUT2D eigenvalue weighted by atomic mass is 10.1. The fourth-order valence-electron chi connectivity index (χ4n) is 2.30. The fourth-order valence-corrected chi connectivity index (χ4v) is 3.17. The van der Waals surface area contributed by atoms with Crippen LogP contribution >= 0.6 is 11.3 Å². The summed E-state index contributed by atoms with van der Waals surface area (Å²) in [5.74, 6) is 1.66. The number of benzene rings is 1. The van der Waals surface area contributed by atoms with E-state index in [2.05, 4.69) is 20.3 Å². The zero-order valence-electron chi connectivity index (χ0n) is 12.4. The van der Waals surface area contributed by atoms with Crippen LogP contribution in [0.4, 0.5) is 0 Å². The van der Waals surface area contributed by atoms with Gasteiger partial charge in [0, 0.05) is 24.4 Å². The predicted molar refractivity (Wildman–Crippen MR) is 87.7 cm³/mol. The molecule has 0 spiro atoms. The van der Waals surface area contributed by atoms with Crippen molar-refractivity contribution >= 4 is 16.3 Å². The van der Waals surface area contributed by atoms with E-state index >= 15 is 0 Å². The van der Waals surface area contributed by atoms with Gasteiger partial charge in [-0.3, -0.25) is 4.98 Å². The Kier molecular flexibility index (Phi) is 3.47. The topological polar surface area (TPSA) is 65.2 Å². The lowest BCUT2D eigenvalue weighted by molar-refractivity contribution is 0.414. The zero-order valence-corrected chi connectivity index (χ0v) is 13.2. The van der Waals surface area contributed by atoms with E-state index in [1.165, 1.54) is 11.3 Å². The molecule has 0 aliphatic heterocycles. The molecule has 0 aliphatic carbocycles. The number of hydrogen-bond acceptors (Lipinski definition) is 6. The van der Waals surface area contributed by atoms with Gasteiger partial charge < -0.3 is 4.74 Å². The van der Waals surface area contributed by atoms with E-state index in [1.54, 1.807) is 19.5 Å². The molecule has 4 aromatic rings. The van der Waals surface area contributed by atoms with Gasteiger partial charge in [-0.1, -0.05) is 23.5 Å². The normalized spacial score (nSPS) is 11.0. The van der Waals surface area contributed by atoms with E-state index < -0.39 is 0 Å². The lowest BCUT2D eigenvalue weighted by Crippen LogP contribution is -1.98. The van der Waals surface area contributed by atoms with E-state index in [1.807, 2.05) is 40.9 Å². The molecular weight excluding hydrogens is 310 g/mol. The Morgan fingerprint density at radius 3 is 2.57 bits per heavy atom. The smallest absolute Gasteiger partial charge is 0.234 e. The summed E-state index contributed by atoms with van der Waals surface area (Å²) in [6.45, 7) is 0. The summed E-state index contributed by atoms with van der Waals surface area (Å²) in [6, 6.07) is 11.8. The van der Waals surface area contributed by atoms with Gasteiger partial charge in [0.25, 0.3) is 0 Å². The molecule has 3 aromatic heterocycles. The van der Waals surface area contributed by atoms with Crippen LogP contribution in [0.3, 0.4) is 0 Å². The number of fused-ring (bicyclic) bond motifs is 1. The van der Waals surface area contributed by atoms with Crippen molar-refractivity contribution in [2.45, 2.75) is 6.42 Å². The molecule has 0 aliphatic rings. The Balaban J connectivity index is 1.66. The van der Waals surface area contributed by atoms with Gasteiger partial charge in [0.2, 0.25) is 4.96 Å². The highest BCUT2D eigenvalue weighted by molar-refractivity contribution is 7.19. The Labute approximate surface area is 136 Å². The number of methoxy groups -OCH3 is 1. The van der Waals surface area contributed by atoms with Crippen LogP contribution in [0.2, 0.25) is 0 Å². The van der Waals surface area contributed by atoms with Crippen LogP contribution in [0.5, 0.6) is 5.75 Å². The summed E-state index contributed by atoms with van der Waals surface area (Å²) in [5, 5.41) is 14.0. The summed E-state index contributed by atoms with van der Waals surface area (Å²) in [5.41, 5.74) is 2.17. The van der Waals surface area contributed by atoms with Gasteiger partial charge >= 0.3 is 0 Å². The van der Waals surface area contributed by atoms with E-state index in [4.69, 9.17) is 4.74 Å². The van der Waals surface area contributed by atoms with Crippen LogP contribution in [-0.4, -0.2) is 31.9 Å². The zero-order chi connectivity index (χ0) is 15.6. The Morgan fingerprint density at radius 1 is 1.04 bits per heavy atom. The summed E-state index contributed by atoms with van der Waals surface area (Å²) < 4.78 is 6.99. The molecule has 6 nitrogen and oxygen atoms in total. The fraction of sp³-hybridized carbons (Fsp3) is 0.125.